The Bertz CT molecular complexity index is 252. The highest BCUT2D eigenvalue weighted by molar-refractivity contribution is 7.87. The lowest BCUT2D eigenvalue weighted by Gasteiger charge is -2.18. The highest BCUT2D eigenvalue weighted by Crippen LogP contribution is 2.00. The summed E-state index contributed by atoms with van der Waals surface area (Å²) in [7, 11) is -3.40. The molecule has 1 unspecified atom stereocenters. The van der Waals surface area contributed by atoms with E-state index in [-0.39, 0.29) is 12.1 Å². The SMILES string of the molecule is CCCCC(CN)NS(=O)(=O)NC(C)C. The van der Waals surface area contributed by atoms with E-state index >= 15 is 0 Å². The standard InChI is InChI=1S/C9H23N3O2S/c1-4-5-6-9(7-10)12-15(13,14)11-8(2)3/h8-9,11-12H,4-7,10H2,1-3H3. The molecule has 0 aromatic rings. The van der Waals surface area contributed by atoms with E-state index in [2.05, 4.69) is 16.4 Å². The third-order valence-electron chi connectivity index (χ3n) is 1.90. The van der Waals surface area contributed by atoms with Gasteiger partial charge in [-0.05, 0) is 20.3 Å². The van der Waals surface area contributed by atoms with E-state index in [0.717, 1.165) is 19.3 Å². The molecule has 5 nitrogen and oxygen atoms in total. The largest absolute Gasteiger partial charge is 0.329 e. The van der Waals surface area contributed by atoms with Crippen LogP contribution in [0.25, 0.3) is 0 Å². The Kier molecular flexibility index (Phi) is 7.08. The van der Waals surface area contributed by atoms with Crippen LogP contribution in [0.4, 0.5) is 0 Å². The molecule has 92 valence electrons. The summed E-state index contributed by atoms with van der Waals surface area (Å²) in [6, 6.07) is -0.270. The van der Waals surface area contributed by atoms with E-state index < -0.39 is 10.2 Å². The van der Waals surface area contributed by atoms with Gasteiger partial charge >= 0.3 is 0 Å². The summed E-state index contributed by atoms with van der Waals surface area (Å²) in [4.78, 5) is 0. The first-order valence-corrected chi connectivity index (χ1v) is 6.89. The van der Waals surface area contributed by atoms with Crippen LogP contribution in [0.3, 0.4) is 0 Å². The van der Waals surface area contributed by atoms with E-state index in [0.29, 0.717) is 6.54 Å². The monoisotopic (exact) mass is 237 g/mol. The lowest BCUT2D eigenvalue weighted by Crippen LogP contribution is -2.47. The van der Waals surface area contributed by atoms with Gasteiger partial charge < -0.3 is 5.73 Å². The minimum absolute atomic E-state index is 0.105. The van der Waals surface area contributed by atoms with Gasteiger partial charge in [0.15, 0.2) is 0 Å². The molecule has 0 rings (SSSR count). The van der Waals surface area contributed by atoms with Gasteiger partial charge in [-0.2, -0.15) is 17.9 Å². The number of hydrogen-bond acceptors (Lipinski definition) is 3. The highest BCUT2D eigenvalue weighted by atomic mass is 32.2. The van der Waals surface area contributed by atoms with Crippen molar-refractivity contribution in [2.45, 2.75) is 52.1 Å². The van der Waals surface area contributed by atoms with Crippen molar-refractivity contribution in [1.29, 1.82) is 0 Å². The summed E-state index contributed by atoms with van der Waals surface area (Å²) in [5, 5.41) is 0. The zero-order chi connectivity index (χ0) is 11.9. The fraction of sp³-hybridized carbons (Fsp3) is 1.00. The predicted molar refractivity (Wildman–Crippen MR) is 62.7 cm³/mol. The Morgan fingerprint density at radius 2 is 1.87 bits per heavy atom. The summed E-state index contributed by atoms with van der Waals surface area (Å²) in [6.45, 7) is 5.96. The molecule has 0 bridgehead atoms. The maximum absolute atomic E-state index is 11.5. The Hall–Kier alpha value is -0.170. The van der Waals surface area contributed by atoms with Gasteiger partial charge in [0.05, 0.1) is 0 Å². The Labute approximate surface area is 93.0 Å². The van der Waals surface area contributed by atoms with Crippen molar-refractivity contribution >= 4 is 10.2 Å². The lowest BCUT2D eigenvalue weighted by atomic mass is 10.1. The molecule has 0 spiro atoms. The molecule has 0 saturated carbocycles. The smallest absolute Gasteiger partial charge is 0.277 e. The zero-order valence-electron chi connectivity index (χ0n) is 9.79. The molecule has 15 heavy (non-hydrogen) atoms. The third-order valence-corrected chi connectivity index (χ3v) is 3.33. The quantitative estimate of drug-likeness (QED) is 0.569. The Balaban J connectivity index is 4.15. The van der Waals surface area contributed by atoms with Gasteiger partial charge in [-0.15, -0.1) is 0 Å². The summed E-state index contributed by atoms with van der Waals surface area (Å²) >= 11 is 0. The minimum atomic E-state index is -3.40. The molecule has 0 aromatic heterocycles. The molecule has 6 heteroatoms. The number of unbranched alkanes of at least 4 members (excludes halogenated alkanes) is 1. The molecule has 0 aliphatic heterocycles. The molecule has 0 aliphatic rings. The second-order valence-electron chi connectivity index (χ2n) is 3.97. The van der Waals surface area contributed by atoms with Crippen LogP contribution in [0.2, 0.25) is 0 Å². The molecule has 4 N–H and O–H groups in total. The fourth-order valence-corrected chi connectivity index (χ4v) is 2.58. The van der Waals surface area contributed by atoms with Gasteiger partial charge in [-0.25, -0.2) is 0 Å². The number of nitrogens with two attached hydrogens (primary N) is 1. The third kappa shape index (κ3) is 7.72. The maximum atomic E-state index is 11.5. The van der Waals surface area contributed by atoms with Crippen LogP contribution in [0.1, 0.15) is 40.0 Å². The van der Waals surface area contributed by atoms with Gasteiger partial charge in [0.2, 0.25) is 0 Å². The van der Waals surface area contributed by atoms with Crippen LogP contribution in [-0.2, 0) is 10.2 Å². The first-order valence-electron chi connectivity index (χ1n) is 5.41. The normalized spacial score (nSPS) is 14.5. The van der Waals surface area contributed by atoms with Crippen LogP contribution in [0, 0.1) is 0 Å². The van der Waals surface area contributed by atoms with Gasteiger partial charge in [0.25, 0.3) is 10.2 Å². The van der Waals surface area contributed by atoms with Crippen LogP contribution >= 0.6 is 0 Å². The molecule has 0 heterocycles. The Morgan fingerprint density at radius 3 is 2.27 bits per heavy atom. The second-order valence-corrected chi connectivity index (χ2v) is 5.45. The van der Waals surface area contributed by atoms with E-state index in [1.165, 1.54) is 0 Å². The summed E-state index contributed by atoms with van der Waals surface area (Å²) in [5.41, 5.74) is 5.50. The van der Waals surface area contributed by atoms with E-state index in [1.54, 1.807) is 13.8 Å². The first kappa shape index (κ1) is 14.8. The molecule has 0 aliphatic carbocycles. The second kappa shape index (κ2) is 7.16. The minimum Gasteiger partial charge on any atom is -0.329 e. The van der Waals surface area contributed by atoms with E-state index in [9.17, 15) is 8.42 Å². The van der Waals surface area contributed by atoms with Crippen molar-refractivity contribution in [3.8, 4) is 0 Å². The van der Waals surface area contributed by atoms with E-state index in [4.69, 9.17) is 5.73 Å². The highest BCUT2D eigenvalue weighted by Gasteiger charge is 2.16. The van der Waals surface area contributed by atoms with Gasteiger partial charge in [0, 0.05) is 18.6 Å². The van der Waals surface area contributed by atoms with Crippen molar-refractivity contribution in [1.82, 2.24) is 9.44 Å². The fourth-order valence-electron chi connectivity index (χ4n) is 1.24. The molecular formula is C9H23N3O2S. The topological polar surface area (TPSA) is 84.2 Å². The van der Waals surface area contributed by atoms with Gasteiger partial charge in [0.1, 0.15) is 0 Å². The van der Waals surface area contributed by atoms with E-state index in [1.807, 2.05) is 0 Å². The molecular weight excluding hydrogens is 214 g/mol. The first-order chi connectivity index (χ1) is 6.91. The molecule has 1 atom stereocenters. The summed E-state index contributed by atoms with van der Waals surface area (Å²) < 4.78 is 28.0. The van der Waals surface area contributed by atoms with Crippen molar-refractivity contribution < 1.29 is 8.42 Å². The van der Waals surface area contributed by atoms with Crippen molar-refractivity contribution in [2.75, 3.05) is 6.54 Å². The Morgan fingerprint density at radius 1 is 1.27 bits per heavy atom. The maximum Gasteiger partial charge on any atom is 0.277 e. The van der Waals surface area contributed by atoms with Crippen molar-refractivity contribution in [3.05, 3.63) is 0 Å². The summed E-state index contributed by atoms with van der Waals surface area (Å²) in [6.07, 6.45) is 2.80. The number of nitrogens with one attached hydrogen (secondary N) is 2. The average Bonchev–Trinajstić information content (AvgIpc) is 2.09. The molecule has 0 aromatic carbocycles. The van der Waals surface area contributed by atoms with Crippen LogP contribution in [0.15, 0.2) is 0 Å². The average molecular weight is 237 g/mol. The molecule has 0 saturated heterocycles. The van der Waals surface area contributed by atoms with Gasteiger partial charge in [-0.1, -0.05) is 19.8 Å². The summed E-state index contributed by atoms with van der Waals surface area (Å²) in [5.74, 6) is 0. The molecule has 0 amide bonds. The lowest BCUT2D eigenvalue weighted by molar-refractivity contribution is 0.503. The van der Waals surface area contributed by atoms with Crippen LogP contribution in [0.5, 0.6) is 0 Å². The van der Waals surface area contributed by atoms with Crippen LogP contribution in [-0.4, -0.2) is 27.0 Å². The van der Waals surface area contributed by atoms with Crippen molar-refractivity contribution in [2.24, 2.45) is 5.73 Å². The van der Waals surface area contributed by atoms with Crippen molar-refractivity contribution in [3.63, 3.8) is 0 Å². The number of rotatable bonds is 8. The molecule has 0 radical (unpaired) electrons. The number of hydrogen-bond donors (Lipinski definition) is 3. The molecule has 0 fully saturated rings. The van der Waals surface area contributed by atoms with Gasteiger partial charge in [-0.3, -0.25) is 0 Å². The zero-order valence-corrected chi connectivity index (χ0v) is 10.6. The predicted octanol–water partition coefficient (Wildman–Crippen LogP) is 0.336. The van der Waals surface area contributed by atoms with Crippen LogP contribution < -0.4 is 15.2 Å².